The molecule has 0 radical (unpaired) electrons. The van der Waals surface area contributed by atoms with Gasteiger partial charge in [-0.25, -0.2) is 4.98 Å². The Labute approximate surface area is 180 Å². The van der Waals surface area contributed by atoms with Gasteiger partial charge in [-0.15, -0.1) is 11.3 Å². The van der Waals surface area contributed by atoms with Crippen LogP contribution in [0.1, 0.15) is 74.6 Å². The highest BCUT2D eigenvalue weighted by molar-refractivity contribution is 7.98. The first-order valence-electron chi connectivity index (χ1n) is 11.0. The van der Waals surface area contributed by atoms with Gasteiger partial charge in [0.05, 0.1) is 11.1 Å². The predicted molar refractivity (Wildman–Crippen MR) is 122 cm³/mol. The molecule has 0 aromatic carbocycles. The summed E-state index contributed by atoms with van der Waals surface area (Å²) in [6, 6.07) is 0.362. The van der Waals surface area contributed by atoms with Crippen LogP contribution in [0.3, 0.4) is 0 Å². The topological polar surface area (TPSA) is 74.8 Å². The number of nitrogens with one attached hydrogen (secondary N) is 2. The molecule has 2 aromatic rings. The summed E-state index contributed by atoms with van der Waals surface area (Å²) in [5.41, 5.74) is 1.24. The highest BCUT2D eigenvalue weighted by Gasteiger charge is 2.21. The van der Waals surface area contributed by atoms with Gasteiger partial charge < -0.3 is 10.3 Å². The van der Waals surface area contributed by atoms with Crippen molar-refractivity contribution in [3.63, 3.8) is 0 Å². The van der Waals surface area contributed by atoms with Crippen molar-refractivity contribution in [2.45, 2.75) is 82.9 Å². The van der Waals surface area contributed by atoms with Crippen molar-refractivity contribution in [2.75, 3.05) is 5.75 Å². The molecule has 1 amide bonds. The highest BCUT2D eigenvalue weighted by atomic mass is 32.2. The van der Waals surface area contributed by atoms with Crippen LogP contribution in [0.4, 0.5) is 0 Å². The van der Waals surface area contributed by atoms with E-state index in [0.717, 1.165) is 59.8 Å². The molecule has 1 fully saturated rings. The number of rotatable bonds is 7. The van der Waals surface area contributed by atoms with Crippen LogP contribution >= 0.6 is 23.1 Å². The average molecular weight is 434 g/mol. The zero-order valence-electron chi connectivity index (χ0n) is 17.2. The maximum absolute atomic E-state index is 12.6. The Morgan fingerprint density at radius 2 is 2.03 bits per heavy atom. The Morgan fingerprint density at radius 1 is 1.24 bits per heavy atom. The van der Waals surface area contributed by atoms with E-state index in [1.54, 1.807) is 23.1 Å². The van der Waals surface area contributed by atoms with Crippen molar-refractivity contribution in [3.05, 3.63) is 26.6 Å². The van der Waals surface area contributed by atoms with Crippen LogP contribution in [0.2, 0.25) is 0 Å². The van der Waals surface area contributed by atoms with E-state index in [2.05, 4.69) is 17.2 Å². The average Bonchev–Trinajstić information content (AvgIpc) is 3.10. The van der Waals surface area contributed by atoms with E-state index in [4.69, 9.17) is 4.98 Å². The second-order valence-corrected chi connectivity index (χ2v) is 10.6. The quantitative estimate of drug-likeness (QED) is 0.627. The van der Waals surface area contributed by atoms with Crippen LogP contribution in [-0.2, 0) is 23.4 Å². The largest absolute Gasteiger partial charge is 0.353 e. The monoisotopic (exact) mass is 433 g/mol. The number of amides is 1. The highest BCUT2D eigenvalue weighted by Crippen LogP contribution is 2.33. The first-order valence-corrected chi connectivity index (χ1v) is 13.0. The molecule has 0 bridgehead atoms. The van der Waals surface area contributed by atoms with E-state index in [-0.39, 0.29) is 11.5 Å². The molecule has 29 heavy (non-hydrogen) atoms. The van der Waals surface area contributed by atoms with Crippen molar-refractivity contribution < 1.29 is 4.79 Å². The third-order valence-corrected chi connectivity index (χ3v) is 8.53. The van der Waals surface area contributed by atoms with E-state index in [1.165, 1.54) is 36.1 Å². The Morgan fingerprint density at radius 3 is 2.83 bits per heavy atom. The molecule has 0 atom stereocenters. The Hall–Kier alpha value is -1.34. The molecule has 4 rings (SSSR count). The minimum atomic E-state index is 0.00502. The molecule has 2 aliphatic rings. The lowest BCUT2D eigenvalue weighted by Crippen LogP contribution is -2.37. The molecule has 1 saturated carbocycles. The number of H-pyrrole nitrogens is 1. The molecule has 2 aromatic heterocycles. The Bertz CT molecular complexity index is 913. The van der Waals surface area contributed by atoms with E-state index in [9.17, 15) is 9.59 Å². The Kier molecular flexibility index (Phi) is 6.96. The van der Waals surface area contributed by atoms with Gasteiger partial charge in [0.1, 0.15) is 10.7 Å². The summed E-state index contributed by atoms with van der Waals surface area (Å²) in [6.07, 6.45) is 11.0. The molecule has 2 heterocycles. The minimum Gasteiger partial charge on any atom is -0.353 e. The molecule has 0 aliphatic heterocycles. The van der Waals surface area contributed by atoms with Gasteiger partial charge in [-0.1, -0.05) is 13.3 Å². The summed E-state index contributed by atoms with van der Waals surface area (Å²) >= 11 is 3.35. The van der Waals surface area contributed by atoms with Crippen LogP contribution in [-0.4, -0.2) is 27.7 Å². The first-order chi connectivity index (χ1) is 14.1. The third-order valence-electron chi connectivity index (χ3n) is 6.38. The van der Waals surface area contributed by atoms with Crippen LogP contribution < -0.4 is 10.9 Å². The molecular formula is C22H31N3O2S2. The van der Waals surface area contributed by atoms with Crippen molar-refractivity contribution in [2.24, 2.45) is 5.92 Å². The first kappa shape index (κ1) is 20.9. The number of fused-ring (bicyclic) bond motifs is 3. The number of aromatic nitrogens is 2. The summed E-state index contributed by atoms with van der Waals surface area (Å²) < 4.78 is 0. The zero-order chi connectivity index (χ0) is 20.2. The van der Waals surface area contributed by atoms with Gasteiger partial charge in [-0.3, -0.25) is 9.59 Å². The molecular weight excluding hydrogens is 402 g/mol. The minimum absolute atomic E-state index is 0.00502. The SMILES string of the molecule is CCC1CCC(NC(=O)CCSCc2nc3sc4c(c3c(=O)[nH]2)CCCC4)CC1. The second-order valence-electron chi connectivity index (χ2n) is 8.40. The number of thioether (sulfide) groups is 1. The fourth-order valence-electron chi connectivity index (χ4n) is 4.63. The summed E-state index contributed by atoms with van der Waals surface area (Å²) in [5.74, 6) is 3.12. The molecule has 0 saturated heterocycles. The Balaban J connectivity index is 1.25. The van der Waals surface area contributed by atoms with Gasteiger partial charge in [0, 0.05) is 23.1 Å². The number of carbonyl (C=O) groups is 1. The van der Waals surface area contributed by atoms with E-state index in [0.29, 0.717) is 18.2 Å². The number of nitrogens with zero attached hydrogens (tertiary/aromatic N) is 1. The van der Waals surface area contributed by atoms with Gasteiger partial charge in [-0.2, -0.15) is 11.8 Å². The van der Waals surface area contributed by atoms with Gasteiger partial charge in [0.15, 0.2) is 0 Å². The summed E-state index contributed by atoms with van der Waals surface area (Å²) in [7, 11) is 0. The van der Waals surface area contributed by atoms with Gasteiger partial charge in [-0.05, 0) is 62.8 Å². The van der Waals surface area contributed by atoms with E-state index in [1.807, 2.05) is 0 Å². The fourth-order valence-corrected chi connectivity index (χ4v) is 6.71. The second kappa shape index (κ2) is 9.65. The number of thiophene rings is 1. The lowest BCUT2D eigenvalue weighted by Gasteiger charge is -2.28. The van der Waals surface area contributed by atoms with Crippen molar-refractivity contribution >= 4 is 39.2 Å². The summed E-state index contributed by atoms with van der Waals surface area (Å²) in [5, 5.41) is 4.01. The third kappa shape index (κ3) is 5.05. The molecule has 0 spiro atoms. The lowest BCUT2D eigenvalue weighted by molar-refractivity contribution is -0.121. The smallest absolute Gasteiger partial charge is 0.259 e. The van der Waals surface area contributed by atoms with E-state index >= 15 is 0 Å². The number of carbonyl (C=O) groups excluding carboxylic acids is 1. The van der Waals surface area contributed by atoms with Crippen LogP contribution in [0.5, 0.6) is 0 Å². The molecule has 0 unspecified atom stereocenters. The maximum atomic E-state index is 12.6. The van der Waals surface area contributed by atoms with Gasteiger partial charge in [0.2, 0.25) is 5.91 Å². The van der Waals surface area contributed by atoms with Crippen molar-refractivity contribution in [3.8, 4) is 0 Å². The molecule has 2 N–H and O–H groups in total. The standard InChI is InChI=1S/C22H31N3O2S2/c1-2-14-7-9-15(10-8-14)23-19(26)11-12-28-13-18-24-21(27)20-16-5-3-4-6-17(16)29-22(20)25-18/h14-15H,2-13H2,1H3,(H,23,26)(H,24,25,27). The lowest BCUT2D eigenvalue weighted by atomic mass is 9.84. The normalized spacial score (nSPS) is 21.8. The number of hydrogen-bond acceptors (Lipinski definition) is 5. The number of aromatic amines is 1. The van der Waals surface area contributed by atoms with Gasteiger partial charge >= 0.3 is 0 Å². The van der Waals surface area contributed by atoms with Crippen LogP contribution in [0, 0.1) is 5.92 Å². The van der Waals surface area contributed by atoms with Crippen LogP contribution in [0.25, 0.3) is 10.2 Å². The maximum Gasteiger partial charge on any atom is 0.259 e. The molecule has 158 valence electrons. The molecule has 2 aliphatic carbocycles. The van der Waals surface area contributed by atoms with Crippen molar-refractivity contribution in [1.82, 2.24) is 15.3 Å². The van der Waals surface area contributed by atoms with Crippen molar-refractivity contribution in [1.29, 1.82) is 0 Å². The van der Waals surface area contributed by atoms with Crippen LogP contribution in [0.15, 0.2) is 4.79 Å². The number of aryl methyl sites for hydroxylation is 2. The van der Waals surface area contributed by atoms with E-state index < -0.39 is 0 Å². The number of hydrogen-bond donors (Lipinski definition) is 2. The van der Waals surface area contributed by atoms with Gasteiger partial charge in [0.25, 0.3) is 5.56 Å². The molecule has 7 heteroatoms. The molecule has 5 nitrogen and oxygen atoms in total. The fraction of sp³-hybridized carbons (Fsp3) is 0.682. The summed E-state index contributed by atoms with van der Waals surface area (Å²) in [6.45, 7) is 2.26. The predicted octanol–water partition coefficient (Wildman–Crippen LogP) is 4.57. The zero-order valence-corrected chi connectivity index (χ0v) is 18.9. The summed E-state index contributed by atoms with van der Waals surface area (Å²) in [4.78, 5) is 34.7.